The highest BCUT2D eigenvalue weighted by atomic mass is 16.5. The summed E-state index contributed by atoms with van der Waals surface area (Å²) < 4.78 is 8.71. The van der Waals surface area contributed by atoms with Crippen LogP contribution in [0.5, 0.6) is 0 Å². The molecule has 0 unspecified atom stereocenters. The van der Waals surface area contributed by atoms with Gasteiger partial charge in [-0.05, 0) is 23.3 Å². The molecule has 2 rings (SSSR count). The molecule has 0 N–H and O–H groups in total. The van der Waals surface area contributed by atoms with Gasteiger partial charge in [-0.15, -0.1) is 0 Å². The Labute approximate surface area is 177 Å². The number of hydrogen-bond donors (Lipinski definition) is 0. The summed E-state index contributed by atoms with van der Waals surface area (Å²) in [6.45, 7) is 20.0. The SMILES string of the molecule is C=C/C=C\C1=C(C=C)c2cccc(BN(BC)BC)c2C(/C=C\C=C)=C(C=C)O1. The molecule has 1 aliphatic rings. The fraction of sp³-hybridized carbons (Fsp3) is 0.0833. The van der Waals surface area contributed by atoms with E-state index < -0.39 is 0 Å². The first-order chi connectivity index (χ1) is 14.1. The zero-order valence-electron chi connectivity index (χ0n) is 17.7. The van der Waals surface area contributed by atoms with Crippen molar-refractivity contribution in [1.82, 2.24) is 4.63 Å². The molecule has 0 aromatic heterocycles. The molecule has 0 bridgehead atoms. The van der Waals surface area contributed by atoms with Gasteiger partial charge in [-0.2, -0.15) is 0 Å². The van der Waals surface area contributed by atoms with Crippen LogP contribution in [0.1, 0.15) is 11.1 Å². The Morgan fingerprint density at radius 1 is 0.862 bits per heavy atom. The molecule has 144 valence electrons. The zero-order chi connectivity index (χ0) is 21.2. The number of benzene rings is 1. The molecule has 0 saturated carbocycles. The predicted molar refractivity (Wildman–Crippen MR) is 135 cm³/mol. The second-order valence-corrected chi connectivity index (χ2v) is 6.56. The molecule has 0 aliphatic carbocycles. The number of ether oxygens (including phenoxy) is 1. The second-order valence-electron chi connectivity index (χ2n) is 6.56. The Morgan fingerprint density at radius 3 is 2.14 bits per heavy atom. The van der Waals surface area contributed by atoms with E-state index in [9.17, 15) is 0 Å². The van der Waals surface area contributed by atoms with Gasteiger partial charge in [0.2, 0.25) is 7.41 Å². The monoisotopic (exact) mass is 379 g/mol. The zero-order valence-corrected chi connectivity index (χ0v) is 17.7. The van der Waals surface area contributed by atoms with Crippen LogP contribution in [-0.4, -0.2) is 26.9 Å². The molecule has 1 aliphatic heterocycles. The van der Waals surface area contributed by atoms with E-state index in [1.807, 2.05) is 30.4 Å². The Bertz CT molecular complexity index is 918. The van der Waals surface area contributed by atoms with Crippen molar-refractivity contribution in [3.63, 3.8) is 0 Å². The van der Waals surface area contributed by atoms with Gasteiger partial charge < -0.3 is 9.37 Å². The molecule has 0 amide bonds. The van der Waals surface area contributed by atoms with E-state index in [2.05, 4.69) is 62.8 Å². The predicted octanol–water partition coefficient (Wildman–Crippen LogP) is 4.07. The van der Waals surface area contributed by atoms with Crippen molar-refractivity contribution in [2.75, 3.05) is 0 Å². The third kappa shape index (κ3) is 5.13. The highest BCUT2D eigenvalue weighted by Crippen LogP contribution is 2.36. The lowest BCUT2D eigenvalue weighted by Gasteiger charge is -2.21. The van der Waals surface area contributed by atoms with Crippen LogP contribution in [0.3, 0.4) is 0 Å². The Kier molecular flexibility index (Phi) is 8.63. The molecule has 0 spiro atoms. The number of fused-ring (bicyclic) bond motifs is 1. The summed E-state index contributed by atoms with van der Waals surface area (Å²) >= 11 is 0. The van der Waals surface area contributed by atoms with E-state index in [0.29, 0.717) is 5.76 Å². The lowest BCUT2D eigenvalue weighted by Crippen LogP contribution is -2.40. The molecule has 1 heterocycles. The van der Waals surface area contributed by atoms with E-state index >= 15 is 0 Å². The summed E-state index contributed by atoms with van der Waals surface area (Å²) in [5, 5.41) is 0. The molecular weight excluding hydrogens is 351 g/mol. The molecule has 29 heavy (non-hydrogen) atoms. The van der Waals surface area contributed by atoms with Gasteiger partial charge in [0.25, 0.3) is 0 Å². The quantitative estimate of drug-likeness (QED) is 0.449. The number of rotatable bonds is 10. The summed E-state index contributed by atoms with van der Waals surface area (Å²) in [6.07, 6.45) is 14.9. The lowest BCUT2D eigenvalue weighted by atomic mass is 9.62. The maximum atomic E-state index is 6.31. The van der Waals surface area contributed by atoms with Crippen molar-refractivity contribution < 1.29 is 4.74 Å². The first kappa shape index (κ1) is 22.4. The normalized spacial score (nSPS) is 13.8. The third-order valence-corrected chi connectivity index (χ3v) is 4.92. The van der Waals surface area contributed by atoms with Gasteiger partial charge in [-0.25, -0.2) is 0 Å². The Morgan fingerprint density at radius 2 is 1.55 bits per heavy atom. The average Bonchev–Trinajstić information content (AvgIpc) is 2.88. The molecule has 1 aromatic carbocycles. The molecular formula is C24H28B3NO. The summed E-state index contributed by atoms with van der Waals surface area (Å²) in [6, 6.07) is 6.41. The highest BCUT2D eigenvalue weighted by Gasteiger charge is 2.23. The van der Waals surface area contributed by atoms with Gasteiger partial charge in [0, 0.05) is 11.1 Å². The minimum atomic E-state index is 0.705. The molecule has 0 radical (unpaired) electrons. The average molecular weight is 379 g/mol. The fourth-order valence-corrected chi connectivity index (χ4v) is 3.42. The van der Waals surface area contributed by atoms with Crippen LogP contribution in [0, 0.1) is 0 Å². The lowest BCUT2D eigenvalue weighted by molar-refractivity contribution is 0.342. The van der Waals surface area contributed by atoms with Crippen LogP contribution in [0.15, 0.2) is 105 Å². The Hall–Kier alpha value is -2.91. The van der Waals surface area contributed by atoms with Crippen LogP contribution >= 0.6 is 0 Å². The van der Waals surface area contributed by atoms with Crippen molar-refractivity contribution in [3.8, 4) is 0 Å². The topological polar surface area (TPSA) is 12.5 Å². The van der Waals surface area contributed by atoms with Gasteiger partial charge in [-0.3, -0.25) is 0 Å². The van der Waals surface area contributed by atoms with Gasteiger partial charge in [0.15, 0.2) is 14.8 Å². The summed E-state index contributed by atoms with van der Waals surface area (Å²) in [5.41, 5.74) is 5.41. The van der Waals surface area contributed by atoms with Crippen LogP contribution in [0.2, 0.25) is 13.6 Å². The largest absolute Gasteiger partial charge is 0.456 e. The summed E-state index contributed by atoms with van der Waals surface area (Å²) in [4.78, 5) is 0. The van der Waals surface area contributed by atoms with Gasteiger partial charge in [0.1, 0.15) is 11.5 Å². The highest BCUT2D eigenvalue weighted by molar-refractivity contribution is 6.71. The fourth-order valence-electron chi connectivity index (χ4n) is 3.42. The van der Waals surface area contributed by atoms with Crippen LogP contribution in [0.25, 0.3) is 11.1 Å². The smallest absolute Gasteiger partial charge is 0.216 e. The molecule has 5 heteroatoms. The minimum Gasteiger partial charge on any atom is -0.456 e. The molecule has 0 atom stereocenters. The van der Waals surface area contributed by atoms with Gasteiger partial charge in [0.05, 0.1) is 0 Å². The first-order valence-electron chi connectivity index (χ1n) is 9.99. The molecule has 2 nitrogen and oxygen atoms in total. The standard InChI is InChI=1S/C24H28B3NO/c1-7-11-14-20-22(10-4)29-23(17-12-8-2)18(9-3)19-15-13-16-21(24(19)20)27-28(25-5)26-6/h7-17,25-27H,1-4H2,5-6H3/b14-11-,17-12-. The number of hydrogen-bond acceptors (Lipinski definition) is 2. The minimum absolute atomic E-state index is 0.705. The maximum Gasteiger partial charge on any atom is 0.216 e. The van der Waals surface area contributed by atoms with E-state index in [0.717, 1.165) is 50.3 Å². The van der Waals surface area contributed by atoms with Gasteiger partial charge >= 0.3 is 0 Å². The van der Waals surface area contributed by atoms with Crippen molar-refractivity contribution in [2.45, 2.75) is 13.6 Å². The summed E-state index contributed by atoms with van der Waals surface area (Å²) in [7, 11) is 2.84. The maximum absolute atomic E-state index is 6.31. The van der Waals surface area contributed by atoms with E-state index in [1.54, 1.807) is 18.2 Å². The van der Waals surface area contributed by atoms with Crippen LogP contribution in [0.4, 0.5) is 0 Å². The van der Waals surface area contributed by atoms with Gasteiger partial charge in [-0.1, -0.05) is 100 Å². The van der Waals surface area contributed by atoms with Crippen molar-refractivity contribution in [3.05, 3.63) is 116 Å². The number of nitrogens with zero attached hydrogens (tertiary/aromatic N) is 1. The van der Waals surface area contributed by atoms with Crippen molar-refractivity contribution in [2.24, 2.45) is 0 Å². The van der Waals surface area contributed by atoms with Crippen molar-refractivity contribution in [1.29, 1.82) is 0 Å². The second kappa shape index (κ2) is 11.2. The Balaban J connectivity index is 2.89. The number of allylic oxidation sites excluding steroid dienone is 10. The van der Waals surface area contributed by atoms with E-state index in [-0.39, 0.29) is 0 Å². The van der Waals surface area contributed by atoms with E-state index in [4.69, 9.17) is 4.74 Å². The molecule has 1 aromatic rings. The van der Waals surface area contributed by atoms with E-state index in [1.165, 1.54) is 5.46 Å². The van der Waals surface area contributed by atoms with Crippen LogP contribution in [-0.2, 0) is 4.74 Å². The summed E-state index contributed by atoms with van der Waals surface area (Å²) in [5.74, 6) is 1.43. The molecule has 0 saturated heterocycles. The molecule has 0 fully saturated rings. The first-order valence-corrected chi connectivity index (χ1v) is 9.99. The third-order valence-electron chi connectivity index (χ3n) is 4.92. The van der Waals surface area contributed by atoms with Crippen LogP contribution < -0.4 is 5.46 Å². The van der Waals surface area contributed by atoms with Crippen molar-refractivity contribution >= 4 is 38.9 Å².